The van der Waals surface area contributed by atoms with Crippen molar-refractivity contribution < 1.29 is 9.47 Å². The molecule has 0 unspecified atom stereocenters. The van der Waals surface area contributed by atoms with Crippen LogP contribution in [-0.2, 0) is 16.1 Å². The van der Waals surface area contributed by atoms with Crippen LogP contribution in [0.5, 0.6) is 0 Å². The van der Waals surface area contributed by atoms with E-state index in [1.54, 1.807) is 12.4 Å². The fourth-order valence-electron chi connectivity index (χ4n) is 2.46. The van der Waals surface area contributed by atoms with Crippen molar-refractivity contribution in [2.45, 2.75) is 25.2 Å². The van der Waals surface area contributed by atoms with Gasteiger partial charge in [0, 0.05) is 26.0 Å². The Balaban J connectivity index is 1.61. The summed E-state index contributed by atoms with van der Waals surface area (Å²) in [5, 5.41) is 6.31. The van der Waals surface area contributed by atoms with E-state index in [-0.39, 0.29) is 12.1 Å². The molecule has 0 aromatic carbocycles. The number of ether oxygens (including phenoxy) is 2. The van der Waals surface area contributed by atoms with E-state index in [9.17, 15) is 0 Å². The second-order valence-corrected chi connectivity index (χ2v) is 5.30. The summed E-state index contributed by atoms with van der Waals surface area (Å²) in [6, 6.07) is 7.65. The van der Waals surface area contributed by atoms with Gasteiger partial charge >= 0.3 is 0 Å². The molecule has 2 atom stereocenters. The summed E-state index contributed by atoms with van der Waals surface area (Å²) in [4.78, 5) is 12.9. The third-order valence-electron chi connectivity index (χ3n) is 3.69. The van der Waals surface area contributed by atoms with Crippen LogP contribution in [0.25, 0.3) is 0 Å². The van der Waals surface area contributed by atoms with Gasteiger partial charge in [0.2, 0.25) is 5.95 Å². The molecule has 3 heterocycles. The fourth-order valence-corrected chi connectivity index (χ4v) is 2.46. The van der Waals surface area contributed by atoms with Gasteiger partial charge in [0.25, 0.3) is 0 Å². The molecular formula is C16H21N5O2. The van der Waals surface area contributed by atoms with Gasteiger partial charge in [-0.25, -0.2) is 4.98 Å². The maximum atomic E-state index is 6.03. The standard InChI is InChI=1S/C16H21N5O2/c1-17-15-5-8-19-16(21-15)20-13-11-22-9-6-14(13)23-10-12-4-2-3-7-18-12/h2-5,7-8,13-14H,6,9-11H2,1H3,(H2,17,19,20,21)/t13-,14-/m1/s1. The van der Waals surface area contributed by atoms with E-state index in [1.165, 1.54) is 0 Å². The Morgan fingerprint density at radius 3 is 3.04 bits per heavy atom. The molecule has 7 heteroatoms. The normalized spacial score (nSPS) is 20.9. The van der Waals surface area contributed by atoms with Crippen LogP contribution in [0.4, 0.5) is 11.8 Å². The monoisotopic (exact) mass is 315 g/mol. The molecule has 0 aliphatic carbocycles. The first-order chi connectivity index (χ1) is 11.3. The summed E-state index contributed by atoms with van der Waals surface area (Å²) < 4.78 is 11.6. The summed E-state index contributed by atoms with van der Waals surface area (Å²) in [5.74, 6) is 1.34. The van der Waals surface area contributed by atoms with Crippen molar-refractivity contribution >= 4 is 11.8 Å². The summed E-state index contributed by atoms with van der Waals surface area (Å²) in [6.07, 6.45) is 4.35. The lowest BCUT2D eigenvalue weighted by molar-refractivity contribution is -0.0488. The molecule has 0 saturated carbocycles. The van der Waals surface area contributed by atoms with Gasteiger partial charge in [-0.1, -0.05) is 6.07 Å². The number of rotatable bonds is 6. The fraction of sp³-hybridized carbons (Fsp3) is 0.438. The van der Waals surface area contributed by atoms with Gasteiger partial charge in [-0.15, -0.1) is 0 Å². The van der Waals surface area contributed by atoms with Gasteiger partial charge in [-0.2, -0.15) is 4.98 Å². The van der Waals surface area contributed by atoms with Crippen molar-refractivity contribution in [3.05, 3.63) is 42.4 Å². The molecule has 2 aromatic rings. The summed E-state index contributed by atoms with van der Waals surface area (Å²) in [5.41, 5.74) is 0.922. The topological polar surface area (TPSA) is 81.2 Å². The van der Waals surface area contributed by atoms with Crippen LogP contribution in [0, 0.1) is 0 Å². The molecular weight excluding hydrogens is 294 g/mol. The maximum absolute atomic E-state index is 6.03. The number of nitrogens with one attached hydrogen (secondary N) is 2. The number of aromatic nitrogens is 3. The Kier molecular flexibility index (Phi) is 5.33. The van der Waals surface area contributed by atoms with E-state index in [1.807, 2.05) is 31.3 Å². The SMILES string of the molecule is CNc1ccnc(N[C@@H]2COCC[C@H]2OCc2ccccn2)n1. The van der Waals surface area contributed by atoms with Crippen LogP contribution in [0.1, 0.15) is 12.1 Å². The van der Waals surface area contributed by atoms with E-state index in [2.05, 4.69) is 25.6 Å². The maximum Gasteiger partial charge on any atom is 0.224 e. The predicted molar refractivity (Wildman–Crippen MR) is 87.2 cm³/mol. The van der Waals surface area contributed by atoms with Crippen molar-refractivity contribution in [3.8, 4) is 0 Å². The molecule has 1 aliphatic rings. The first-order valence-electron chi connectivity index (χ1n) is 7.72. The molecule has 0 radical (unpaired) electrons. The van der Waals surface area contributed by atoms with Crippen LogP contribution >= 0.6 is 0 Å². The van der Waals surface area contributed by atoms with Crippen LogP contribution < -0.4 is 10.6 Å². The second-order valence-electron chi connectivity index (χ2n) is 5.30. The first kappa shape index (κ1) is 15.6. The minimum absolute atomic E-state index is 0.0135. The molecule has 1 saturated heterocycles. The molecule has 122 valence electrons. The zero-order chi connectivity index (χ0) is 15.9. The Hall–Kier alpha value is -2.25. The van der Waals surface area contributed by atoms with E-state index in [0.29, 0.717) is 25.8 Å². The third-order valence-corrected chi connectivity index (χ3v) is 3.69. The zero-order valence-corrected chi connectivity index (χ0v) is 13.1. The van der Waals surface area contributed by atoms with E-state index >= 15 is 0 Å². The summed E-state index contributed by atoms with van der Waals surface area (Å²) in [6.45, 7) is 1.75. The Labute approximate surface area is 135 Å². The van der Waals surface area contributed by atoms with Gasteiger partial charge in [0.1, 0.15) is 5.82 Å². The summed E-state index contributed by atoms with van der Waals surface area (Å²) >= 11 is 0. The van der Waals surface area contributed by atoms with Crippen molar-refractivity contribution in [2.24, 2.45) is 0 Å². The van der Waals surface area contributed by atoms with Gasteiger partial charge in [-0.3, -0.25) is 4.98 Å². The molecule has 2 aromatic heterocycles. The first-order valence-corrected chi connectivity index (χ1v) is 7.72. The Morgan fingerprint density at radius 1 is 1.26 bits per heavy atom. The van der Waals surface area contributed by atoms with E-state index < -0.39 is 0 Å². The number of hydrogen-bond acceptors (Lipinski definition) is 7. The lowest BCUT2D eigenvalue weighted by atomic mass is 10.1. The second kappa shape index (κ2) is 7.85. The van der Waals surface area contributed by atoms with Gasteiger partial charge in [0.15, 0.2) is 0 Å². The highest BCUT2D eigenvalue weighted by Crippen LogP contribution is 2.17. The third kappa shape index (κ3) is 4.37. The lowest BCUT2D eigenvalue weighted by Gasteiger charge is -2.32. The Morgan fingerprint density at radius 2 is 2.22 bits per heavy atom. The van der Waals surface area contributed by atoms with Crippen LogP contribution in [0.2, 0.25) is 0 Å². The highest BCUT2D eigenvalue weighted by atomic mass is 16.5. The van der Waals surface area contributed by atoms with Crippen LogP contribution in [0.15, 0.2) is 36.7 Å². The highest BCUT2D eigenvalue weighted by molar-refractivity contribution is 5.39. The molecule has 0 spiro atoms. The molecule has 0 amide bonds. The van der Waals surface area contributed by atoms with Gasteiger partial charge in [-0.05, 0) is 24.6 Å². The predicted octanol–water partition coefficient (Wildman–Crippen LogP) is 1.70. The number of nitrogens with zero attached hydrogens (tertiary/aromatic N) is 3. The molecule has 3 rings (SSSR count). The molecule has 1 fully saturated rings. The molecule has 23 heavy (non-hydrogen) atoms. The Bertz CT molecular complexity index is 610. The molecule has 2 N–H and O–H groups in total. The van der Waals surface area contributed by atoms with E-state index in [4.69, 9.17) is 9.47 Å². The minimum atomic E-state index is 0.0135. The van der Waals surface area contributed by atoms with Gasteiger partial charge in [0.05, 0.1) is 31.1 Å². The number of anilines is 2. The minimum Gasteiger partial charge on any atom is -0.379 e. The van der Waals surface area contributed by atoms with Crippen LogP contribution in [0.3, 0.4) is 0 Å². The molecule has 0 bridgehead atoms. The molecule has 1 aliphatic heterocycles. The van der Waals surface area contributed by atoms with Crippen molar-refractivity contribution in [1.29, 1.82) is 0 Å². The lowest BCUT2D eigenvalue weighted by Crippen LogP contribution is -2.44. The van der Waals surface area contributed by atoms with E-state index in [0.717, 1.165) is 17.9 Å². The van der Waals surface area contributed by atoms with Gasteiger partial charge < -0.3 is 20.1 Å². The molecule has 7 nitrogen and oxygen atoms in total. The highest BCUT2D eigenvalue weighted by Gasteiger charge is 2.27. The van der Waals surface area contributed by atoms with Crippen LogP contribution in [-0.4, -0.2) is 47.4 Å². The van der Waals surface area contributed by atoms with Crippen molar-refractivity contribution in [1.82, 2.24) is 15.0 Å². The summed E-state index contributed by atoms with van der Waals surface area (Å²) in [7, 11) is 1.83. The quantitative estimate of drug-likeness (QED) is 0.839. The average Bonchev–Trinajstić information content (AvgIpc) is 2.62. The smallest absolute Gasteiger partial charge is 0.224 e. The van der Waals surface area contributed by atoms with Crippen molar-refractivity contribution in [2.75, 3.05) is 30.9 Å². The number of pyridine rings is 1. The number of hydrogen-bond donors (Lipinski definition) is 2. The van der Waals surface area contributed by atoms with Crippen molar-refractivity contribution in [3.63, 3.8) is 0 Å². The average molecular weight is 315 g/mol. The largest absolute Gasteiger partial charge is 0.379 e. The zero-order valence-electron chi connectivity index (χ0n) is 13.1.